The zero-order valence-corrected chi connectivity index (χ0v) is 13.7. The fourth-order valence-corrected chi connectivity index (χ4v) is 2.49. The normalized spacial score (nSPS) is 10.1. The first kappa shape index (κ1) is 17.2. The highest BCUT2D eigenvalue weighted by Gasteiger charge is 2.11. The monoisotopic (exact) mass is 351 g/mol. The van der Waals surface area contributed by atoms with Crippen LogP contribution in [0.3, 0.4) is 0 Å². The van der Waals surface area contributed by atoms with Crippen LogP contribution in [0.2, 0.25) is 5.02 Å². The minimum atomic E-state index is -0.536. The predicted octanol–water partition coefficient (Wildman–Crippen LogP) is 2.95. The molecule has 0 bridgehead atoms. The fraction of sp³-hybridized carbons (Fsp3) is 0.188. The molecular weight excluding hydrogens is 338 g/mol. The van der Waals surface area contributed by atoms with Gasteiger partial charge in [-0.15, -0.1) is 11.3 Å². The van der Waals surface area contributed by atoms with Gasteiger partial charge in [-0.25, -0.2) is 0 Å². The van der Waals surface area contributed by atoms with E-state index in [4.69, 9.17) is 16.3 Å². The quantitative estimate of drug-likeness (QED) is 0.615. The Hall–Kier alpha value is -2.18. The van der Waals surface area contributed by atoms with Gasteiger partial charge in [0.05, 0.1) is 11.3 Å². The summed E-state index contributed by atoms with van der Waals surface area (Å²) >= 11 is 7.04. The van der Waals surface area contributed by atoms with Crippen LogP contribution in [0.1, 0.15) is 26.5 Å². The molecule has 0 saturated heterocycles. The van der Waals surface area contributed by atoms with E-state index in [0.29, 0.717) is 15.5 Å². The number of nitrogens with one attached hydrogen (secondary N) is 1. The summed E-state index contributed by atoms with van der Waals surface area (Å²) in [6.07, 6.45) is -0.00293. The average molecular weight is 352 g/mol. The number of carbonyl (C=O) groups excluding carboxylic acids is 3. The molecule has 1 aromatic carbocycles. The van der Waals surface area contributed by atoms with Crippen LogP contribution in [0.4, 0.5) is 0 Å². The summed E-state index contributed by atoms with van der Waals surface area (Å²) in [5.74, 6) is -1.08. The first-order valence-corrected chi connectivity index (χ1v) is 8.08. The third-order valence-corrected chi connectivity index (χ3v) is 4.04. The lowest BCUT2D eigenvalue weighted by molar-refractivity contribution is -0.142. The number of esters is 1. The maximum atomic E-state index is 11.8. The molecule has 0 unspecified atom stereocenters. The number of hydrogen-bond donors (Lipinski definition) is 1. The highest BCUT2D eigenvalue weighted by Crippen LogP contribution is 2.10. The molecule has 0 radical (unpaired) electrons. The smallest absolute Gasteiger partial charge is 0.308 e. The van der Waals surface area contributed by atoms with Crippen LogP contribution in [0.15, 0.2) is 41.8 Å². The van der Waals surface area contributed by atoms with Crippen molar-refractivity contribution >= 4 is 40.6 Å². The van der Waals surface area contributed by atoms with Crippen molar-refractivity contribution in [3.63, 3.8) is 0 Å². The number of ketones is 1. The molecule has 23 heavy (non-hydrogen) atoms. The lowest BCUT2D eigenvalue weighted by atomic mass is 10.2. The van der Waals surface area contributed by atoms with Crippen LogP contribution in [0.5, 0.6) is 0 Å². The van der Waals surface area contributed by atoms with Crippen molar-refractivity contribution < 1.29 is 19.1 Å². The number of benzene rings is 1. The van der Waals surface area contributed by atoms with Crippen LogP contribution >= 0.6 is 22.9 Å². The minimum absolute atomic E-state index is 0.00293. The molecule has 0 fully saturated rings. The van der Waals surface area contributed by atoms with Crippen molar-refractivity contribution in [3.8, 4) is 0 Å². The number of Topliss-reactive ketones (excluding diaryl/α,β-unsaturated/α-hetero) is 1. The Morgan fingerprint density at radius 2 is 1.87 bits per heavy atom. The number of halogens is 1. The van der Waals surface area contributed by atoms with Crippen molar-refractivity contribution in [2.45, 2.75) is 6.42 Å². The van der Waals surface area contributed by atoms with Gasteiger partial charge in [0.2, 0.25) is 5.78 Å². The van der Waals surface area contributed by atoms with Gasteiger partial charge >= 0.3 is 5.97 Å². The lowest BCUT2D eigenvalue weighted by Gasteiger charge is -2.06. The Kier molecular flexibility index (Phi) is 6.31. The predicted molar refractivity (Wildman–Crippen MR) is 88.0 cm³/mol. The van der Waals surface area contributed by atoms with E-state index in [-0.39, 0.29) is 31.3 Å². The molecule has 120 valence electrons. The highest BCUT2D eigenvalue weighted by atomic mass is 35.5. The molecule has 0 aliphatic rings. The molecule has 1 amide bonds. The molecule has 2 aromatic rings. The van der Waals surface area contributed by atoms with E-state index in [0.717, 1.165) is 0 Å². The number of thiophene rings is 1. The molecule has 7 heteroatoms. The van der Waals surface area contributed by atoms with Gasteiger partial charge in [-0.1, -0.05) is 17.7 Å². The van der Waals surface area contributed by atoms with Crippen molar-refractivity contribution in [1.82, 2.24) is 5.32 Å². The van der Waals surface area contributed by atoms with Gasteiger partial charge in [-0.05, 0) is 35.7 Å². The third kappa shape index (κ3) is 5.50. The Morgan fingerprint density at radius 3 is 2.52 bits per heavy atom. The molecule has 0 spiro atoms. The Labute approximate surface area is 142 Å². The second-order valence-electron chi connectivity index (χ2n) is 4.57. The third-order valence-electron chi connectivity index (χ3n) is 2.88. The van der Waals surface area contributed by atoms with E-state index >= 15 is 0 Å². The van der Waals surface area contributed by atoms with Gasteiger partial charge in [0.25, 0.3) is 5.91 Å². The van der Waals surface area contributed by atoms with Gasteiger partial charge in [0, 0.05) is 17.1 Å². The van der Waals surface area contributed by atoms with Crippen LogP contribution < -0.4 is 5.32 Å². The summed E-state index contributed by atoms with van der Waals surface area (Å²) in [5.41, 5.74) is 0.454. The maximum absolute atomic E-state index is 11.8. The average Bonchev–Trinajstić information content (AvgIpc) is 3.07. The van der Waals surface area contributed by atoms with E-state index < -0.39 is 5.97 Å². The Morgan fingerprint density at radius 1 is 1.13 bits per heavy atom. The summed E-state index contributed by atoms with van der Waals surface area (Å²) in [4.78, 5) is 35.5. The topological polar surface area (TPSA) is 72.5 Å². The number of rotatable bonds is 7. The van der Waals surface area contributed by atoms with Crippen molar-refractivity contribution in [1.29, 1.82) is 0 Å². The zero-order valence-electron chi connectivity index (χ0n) is 12.1. The van der Waals surface area contributed by atoms with Gasteiger partial charge < -0.3 is 10.1 Å². The highest BCUT2D eigenvalue weighted by molar-refractivity contribution is 7.12. The molecule has 0 aliphatic carbocycles. The SMILES string of the molecule is O=C(CCNC(=O)c1ccc(Cl)cc1)OCC(=O)c1cccs1. The Bertz CT molecular complexity index is 683. The van der Waals surface area contributed by atoms with E-state index in [1.807, 2.05) is 0 Å². The van der Waals surface area contributed by atoms with E-state index in [1.165, 1.54) is 11.3 Å². The van der Waals surface area contributed by atoms with Crippen molar-refractivity contribution in [2.24, 2.45) is 0 Å². The van der Waals surface area contributed by atoms with Crippen molar-refractivity contribution in [3.05, 3.63) is 57.2 Å². The van der Waals surface area contributed by atoms with Gasteiger partial charge in [0.15, 0.2) is 6.61 Å². The van der Waals surface area contributed by atoms with Crippen molar-refractivity contribution in [2.75, 3.05) is 13.2 Å². The van der Waals surface area contributed by atoms with E-state index in [1.54, 1.807) is 41.8 Å². The van der Waals surface area contributed by atoms with Crippen LogP contribution in [-0.4, -0.2) is 30.8 Å². The van der Waals surface area contributed by atoms with E-state index in [9.17, 15) is 14.4 Å². The van der Waals surface area contributed by atoms with Gasteiger partial charge in [0.1, 0.15) is 0 Å². The first-order chi connectivity index (χ1) is 11.1. The molecule has 0 saturated carbocycles. The first-order valence-electron chi connectivity index (χ1n) is 6.82. The molecule has 2 rings (SSSR count). The molecular formula is C16H14ClNO4S. The number of carbonyl (C=O) groups is 3. The van der Waals surface area contributed by atoms with E-state index in [2.05, 4.69) is 5.32 Å². The Balaban J connectivity index is 1.67. The zero-order chi connectivity index (χ0) is 16.7. The number of hydrogen-bond acceptors (Lipinski definition) is 5. The molecule has 0 aliphatic heterocycles. The summed E-state index contributed by atoms with van der Waals surface area (Å²) in [7, 11) is 0. The summed E-state index contributed by atoms with van der Waals surface area (Å²) in [6.45, 7) is -0.155. The molecule has 1 heterocycles. The summed E-state index contributed by atoms with van der Waals surface area (Å²) < 4.78 is 4.88. The number of amides is 1. The summed E-state index contributed by atoms with van der Waals surface area (Å²) in [6, 6.07) is 9.84. The summed E-state index contributed by atoms with van der Waals surface area (Å²) in [5, 5.41) is 4.92. The van der Waals surface area contributed by atoms with Gasteiger partial charge in [-0.3, -0.25) is 14.4 Å². The second-order valence-corrected chi connectivity index (χ2v) is 5.96. The second kappa shape index (κ2) is 8.45. The largest absolute Gasteiger partial charge is 0.457 e. The van der Waals surface area contributed by atoms with Gasteiger partial charge in [-0.2, -0.15) is 0 Å². The number of ether oxygens (including phenoxy) is 1. The molecule has 5 nitrogen and oxygen atoms in total. The molecule has 1 aromatic heterocycles. The minimum Gasteiger partial charge on any atom is -0.457 e. The fourth-order valence-electron chi connectivity index (χ4n) is 1.71. The lowest BCUT2D eigenvalue weighted by Crippen LogP contribution is -2.27. The standard InChI is InChI=1S/C16H14ClNO4S/c17-12-5-3-11(4-6-12)16(21)18-8-7-15(20)22-10-13(19)14-2-1-9-23-14/h1-6,9H,7-8,10H2,(H,18,21). The van der Waals surface area contributed by atoms with Crippen LogP contribution in [0.25, 0.3) is 0 Å². The van der Waals surface area contributed by atoms with Crippen LogP contribution in [0, 0.1) is 0 Å². The molecule has 1 N–H and O–H groups in total. The molecule has 0 atom stereocenters. The maximum Gasteiger partial charge on any atom is 0.308 e. The van der Waals surface area contributed by atoms with Crippen LogP contribution in [-0.2, 0) is 9.53 Å².